The molecule has 0 spiro atoms. The van der Waals surface area contributed by atoms with E-state index in [1.54, 1.807) is 12.3 Å². The standard InChI is InChI=1S/C8H4BrClN4S/c9-6-7(10)13-4-14-8(6)15-5-1-2-11-3-12-5/h1-4H. The van der Waals surface area contributed by atoms with E-state index in [1.807, 2.05) is 0 Å². The lowest BCUT2D eigenvalue weighted by molar-refractivity contribution is 1.00. The Morgan fingerprint density at radius 1 is 1.20 bits per heavy atom. The summed E-state index contributed by atoms with van der Waals surface area (Å²) < 4.78 is 0.676. The van der Waals surface area contributed by atoms with Gasteiger partial charge >= 0.3 is 0 Å². The highest BCUT2D eigenvalue weighted by Crippen LogP contribution is 2.33. The molecule has 0 amide bonds. The molecule has 76 valence electrons. The number of halogens is 2. The number of aromatic nitrogens is 4. The summed E-state index contributed by atoms with van der Waals surface area (Å²) in [4.78, 5) is 15.8. The van der Waals surface area contributed by atoms with Gasteiger partial charge < -0.3 is 0 Å². The highest BCUT2D eigenvalue weighted by Gasteiger charge is 2.08. The van der Waals surface area contributed by atoms with Gasteiger partial charge in [0.15, 0.2) is 0 Å². The Hall–Kier alpha value is -0.720. The lowest BCUT2D eigenvalue weighted by atomic mass is 10.7. The van der Waals surface area contributed by atoms with Crippen LogP contribution in [0.4, 0.5) is 0 Å². The molecule has 2 heterocycles. The predicted molar refractivity (Wildman–Crippen MR) is 60.9 cm³/mol. The molecule has 2 rings (SSSR count). The summed E-state index contributed by atoms with van der Waals surface area (Å²) in [5.41, 5.74) is 0. The van der Waals surface area contributed by atoms with Crippen LogP contribution in [0.2, 0.25) is 5.15 Å². The Morgan fingerprint density at radius 3 is 2.80 bits per heavy atom. The lowest BCUT2D eigenvalue weighted by Crippen LogP contribution is -1.87. The Morgan fingerprint density at radius 2 is 2.07 bits per heavy atom. The van der Waals surface area contributed by atoms with Gasteiger partial charge in [-0.3, -0.25) is 0 Å². The van der Waals surface area contributed by atoms with Crippen molar-refractivity contribution < 1.29 is 0 Å². The summed E-state index contributed by atoms with van der Waals surface area (Å²) in [7, 11) is 0. The fourth-order valence-electron chi connectivity index (χ4n) is 0.843. The predicted octanol–water partition coefficient (Wildman–Crippen LogP) is 2.83. The van der Waals surface area contributed by atoms with E-state index in [4.69, 9.17) is 11.6 Å². The van der Waals surface area contributed by atoms with Crippen molar-refractivity contribution >= 4 is 39.3 Å². The molecule has 4 nitrogen and oxygen atoms in total. The third-order valence-electron chi connectivity index (χ3n) is 1.47. The summed E-state index contributed by atoms with van der Waals surface area (Å²) in [6.45, 7) is 0. The summed E-state index contributed by atoms with van der Waals surface area (Å²) >= 11 is 10.5. The Bertz CT molecular complexity index is 467. The second-order valence-corrected chi connectivity index (χ2v) is 4.59. The highest BCUT2D eigenvalue weighted by molar-refractivity contribution is 9.10. The van der Waals surface area contributed by atoms with Gasteiger partial charge in [0.05, 0.1) is 4.47 Å². The zero-order valence-electron chi connectivity index (χ0n) is 7.26. The number of hydrogen-bond donors (Lipinski definition) is 0. The summed E-state index contributed by atoms with van der Waals surface area (Å²) in [6, 6.07) is 1.80. The minimum atomic E-state index is 0.390. The molecule has 2 aromatic heterocycles. The van der Waals surface area contributed by atoms with Crippen molar-refractivity contribution in [1.29, 1.82) is 0 Å². The van der Waals surface area contributed by atoms with Crippen LogP contribution in [-0.4, -0.2) is 19.9 Å². The largest absolute Gasteiger partial charge is 0.245 e. The first-order chi connectivity index (χ1) is 7.27. The van der Waals surface area contributed by atoms with Crippen LogP contribution in [0.5, 0.6) is 0 Å². The smallest absolute Gasteiger partial charge is 0.147 e. The Balaban J connectivity index is 2.29. The van der Waals surface area contributed by atoms with Crippen LogP contribution in [0.25, 0.3) is 0 Å². The van der Waals surface area contributed by atoms with Crippen molar-refractivity contribution in [2.45, 2.75) is 10.1 Å². The maximum atomic E-state index is 5.84. The van der Waals surface area contributed by atoms with Crippen LogP contribution in [0.3, 0.4) is 0 Å². The topological polar surface area (TPSA) is 51.6 Å². The molecule has 0 aromatic carbocycles. The Kier molecular flexibility index (Phi) is 3.50. The van der Waals surface area contributed by atoms with Gasteiger partial charge in [0, 0.05) is 6.20 Å². The molecule has 0 aliphatic rings. The molecule has 0 radical (unpaired) electrons. The average molecular weight is 304 g/mol. The fraction of sp³-hybridized carbons (Fsp3) is 0. The van der Waals surface area contributed by atoms with E-state index in [9.17, 15) is 0 Å². The zero-order chi connectivity index (χ0) is 10.7. The maximum Gasteiger partial charge on any atom is 0.147 e. The van der Waals surface area contributed by atoms with E-state index < -0.39 is 0 Å². The zero-order valence-corrected chi connectivity index (χ0v) is 10.4. The van der Waals surface area contributed by atoms with Crippen LogP contribution in [0, 0.1) is 0 Å². The number of rotatable bonds is 2. The van der Waals surface area contributed by atoms with E-state index >= 15 is 0 Å². The third kappa shape index (κ3) is 2.64. The SMILES string of the molecule is Clc1ncnc(Sc2ccncn2)c1Br. The van der Waals surface area contributed by atoms with E-state index in [0.717, 1.165) is 10.1 Å². The quantitative estimate of drug-likeness (QED) is 0.799. The molecule has 0 N–H and O–H groups in total. The minimum absolute atomic E-state index is 0.390. The van der Waals surface area contributed by atoms with Gasteiger partial charge in [-0.25, -0.2) is 19.9 Å². The third-order valence-corrected chi connectivity index (χ3v) is 3.95. The highest BCUT2D eigenvalue weighted by atomic mass is 79.9. The molecule has 2 aromatic rings. The van der Waals surface area contributed by atoms with Crippen LogP contribution >= 0.6 is 39.3 Å². The first-order valence-corrected chi connectivity index (χ1v) is 5.86. The monoisotopic (exact) mass is 302 g/mol. The van der Waals surface area contributed by atoms with Gasteiger partial charge in [-0.05, 0) is 33.8 Å². The van der Waals surface area contributed by atoms with E-state index in [1.165, 1.54) is 24.4 Å². The molecule has 0 atom stereocenters. The second-order valence-electron chi connectivity index (χ2n) is 2.43. The Labute approximate surface area is 104 Å². The van der Waals surface area contributed by atoms with Gasteiger partial charge in [-0.2, -0.15) is 0 Å². The molecule has 0 aliphatic heterocycles. The van der Waals surface area contributed by atoms with Crippen molar-refractivity contribution in [3.8, 4) is 0 Å². The van der Waals surface area contributed by atoms with E-state index in [0.29, 0.717) is 9.63 Å². The maximum absolute atomic E-state index is 5.84. The van der Waals surface area contributed by atoms with Crippen molar-refractivity contribution in [3.63, 3.8) is 0 Å². The average Bonchev–Trinajstić information content (AvgIpc) is 2.26. The molecule has 0 saturated carbocycles. The summed E-state index contributed by atoms with van der Waals surface area (Å²) in [5.74, 6) is 0. The van der Waals surface area contributed by atoms with Crippen LogP contribution in [0.1, 0.15) is 0 Å². The number of nitrogens with zero attached hydrogens (tertiary/aromatic N) is 4. The van der Waals surface area contributed by atoms with Crippen molar-refractivity contribution in [2.24, 2.45) is 0 Å². The molecule has 0 unspecified atom stereocenters. The molecular weight excluding hydrogens is 300 g/mol. The number of hydrogen-bond acceptors (Lipinski definition) is 5. The van der Waals surface area contributed by atoms with Crippen LogP contribution < -0.4 is 0 Å². The fourth-order valence-corrected chi connectivity index (χ4v) is 2.19. The second kappa shape index (κ2) is 4.87. The van der Waals surface area contributed by atoms with E-state index in [-0.39, 0.29) is 0 Å². The lowest BCUT2D eigenvalue weighted by Gasteiger charge is -2.02. The van der Waals surface area contributed by atoms with Crippen molar-refractivity contribution in [3.05, 3.63) is 34.5 Å². The molecule has 0 saturated heterocycles. The summed E-state index contributed by atoms with van der Waals surface area (Å²) in [6.07, 6.45) is 4.57. The van der Waals surface area contributed by atoms with Gasteiger partial charge in [-0.1, -0.05) is 11.6 Å². The molecular formula is C8H4BrClN4S. The molecule has 15 heavy (non-hydrogen) atoms. The minimum Gasteiger partial charge on any atom is -0.245 e. The molecule has 0 bridgehead atoms. The molecule has 0 aliphatic carbocycles. The van der Waals surface area contributed by atoms with Gasteiger partial charge in [-0.15, -0.1) is 0 Å². The first kappa shape index (κ1) is 10.8. The van der Waals surface area contributed by atoms with E-state index in [2.05, 4.69) is 35.9 Å². The van der Waals surface area contributed by atoms with Gasteiger partial charge in [0.25, 0.3) is 0 Å². The normalized spacial score (nSPS) is 10.3. The molecule has 0 fully saturated rings. The molecule has 7 heteroatoms. The van der Waals surface area contributed by atoms with Crippen LogP contribution in [0.15, 0.2) is 39.4 Å². The van der Waals surface area contributed by atoms with Crippen LogP contribution in [-0.2, 0) is 0 Å². The van der Waals surface area contributed by atoms with Crippen molar-refractivity contribution in [1.82, 2.24) is 19.9 Å². The van der Waals surface area contributed by atoms with Crippen molar-refractivity contribution in [2.75, 3.05) is 0 Å². The first-order valence-electron chi connectivity index (χ1n) is 3.87. The van der Waals surface area contributed by atoms with Gasteiger partial charge in [0.2, 0.25) is 0 Å². The van der Waals surface area contributed by atoms with Gasteiger partial charge in [0.1, 0.15) is 27.9 Å². The summed E-state index contributed by atoms with van der Waals surface area (Å²) in [5, 5.41) is 1.93.